The van der Waals surface area contributed by atoms with Crippen molar-refractivity contribution in [2.75, 3.05) is 20.1 Å². The molecule has 5 heteroatoms. The van der Waals surface area contributed by atoms with Gasteiger partial charge in [0.1, 0.15) is 5.82 Å². The first-order valence-electron chi connectivity index (χ1n) is 6.82. The molecule has 1 aliphatic rings. The Morgan fingerprint density at radius 3 is 2.70 bits per heavy atom. The Labute approximate surface area is 118 Å². The predicted molar refractivity (Wildman–Crippen MR) is 73.8 cm³/mol. The van der Waals surface area contributed by atoms with Gasteiger partial charge in [0.05, 0.1) is 12.6 Å². The van der Waals surface area contributed by atoms with Crippen molar-refractivity contribution in [1.29, 1.82) is 0 Å². The summed E-state index contributed by atoms with van der Waals surface area (Å²) in [5, 5.41) is 2.63. The fraction of sp³-hybridized carbons (Fsp3) is 0.467. The molecule has 1 N–H and O–H groups in total. The number of rotatable bonds is 5. The number of carbonyl (C=O) groups is 2. The van der Waals surface area contributed by atoms with Crippen LogP contribution in [0.5, 0.6) is 0 Å². The van der Waals surface area contributed by atoms with Crippen LogP contribution in [0.1, 0.15) is 18.4 Å². The molecule has 0 bridgehead atoms. The third-order valence-electron chi connectivity index (χ3n) is 3.61. The topological polar surface area (TPSA) is 49.4 Å². The molecule has 1 unspecified atom stereocenters. The molecule has 2 rings (SSSR count). The molecule has 1 aromatic carbocycles. The molecule has 20 heavy (non-hydrogen) atoms. The third kappa shape index (κ3) is 3.63. The number of hydrogen-bond acceptors (Lipinski definition) is 3. The number of halogens is 1. The highest BCUT2D eigenvalue weighted by Crippen LogP contribution is 2.17. The van der Waals surface area contributed by atoms with E-state index in [4.69, 9.17) is 0 Å². The van der Waals surface area contributed by atoms with Gasteiger partial charge in [-0.3, -0.25) is 14.5 Å². The number of likely N-dealkylation sites (tertiary alicyclic amines) is 1. The number of amides is 1. The lowest BCUT2D eigenvalue weighted by Gasteiger charge is -2.22. The van der Waals surface area contributed by atoms with Crippen molar-refractivity contribution < 1.29 is 14.0 Å². The minimum Gasteiger partial charge on any atom is -0.358 e. The monoisotopic (exact) mass is 278 g/mol. The second-order valence-corrected chi connectivity index (χ2v) is 5.08. The molecule has 0 aromatic heterocycles. The first kappa shape index (κ1) is 14.7. The average molecular weight is 278 g/mol. The van der Waals surface area contributed by atoms with E-state index < -0.39 is 0 Å². The second kappa shape index (κ2) is 6.61. The van der Waals surface area contributed by atoms with E-state index in [2.05, 4.69) is 5.32 Å². The highest BCUT2D eigenvalue weighted by atomic mass is 19.1. The van der Waals surface area contributed by atoms with E-state index in [1.165, 1.54) is 12.1 Å². The van der Waals surface area contributed by atoms with Gasteiger partial charge in [-0.15, -0.1) is 0 Å². The normalized spacial score (nSPS) is 19.0. The minimum atomic E-state index is -0.305. The Morgan fingerprint density at radius 1 is 1.35 bits per heavy atom. The molecule has 4 nitrogen and oxygen atoms in total. The van der Waals surface area contributed by atoms with E-state index >= 15 is 0 Å². The quantitative estimate of drug-likeness (QED) is 0.879. The van der Waals surface area contributed by atoms with Gasteiger partial charge >= 0.3 is 0 Å². The van der Waals surface area contributed by atoms with Gasteiger partial charge in [-0.1, -0.05) is 12.1 Å². The van der Waals surface area contributed by atoms with Crippen LogP contribution in [0.3, 0.4) is 0 Å². The van der Waals surface area contributed by atoms with E-state index in [1.54, 1.807) is 19.2 Å². The molecule has 0 spiro atoms. The van der Waals surface area contributed by atoms with E-state index in [1.807, 2.05) is 4.90 Å². The van der Waals surface area contributed by atoms with Crippen molar-refractivity contribution in [1.82, 2.24) is 10.2 Å². The standard InChI is InChI=1S/C15H19FN2O2/c1-17-15(20)14-3-2-8-18(14)10-13(19)9-11-4-6-12(16)7-5-11/h4-7,14H,2-3,8-10H2,1H3,(H,17,20). The summed E-state index contributed by atoms with van der Waals surface area (Å²) < 4.78 is 12.8. The number of hydrogen-bond donors (Lipinski definition) is 1. The molecular formula is C15H19FN2O2. The largest absolute Gasteiger partial charge is 0.358 e. The zero-order chi connectivity index (χ0) is 14.5. The number of benzene rings is 1. The fourth-order valence-electron chi connectivity index (χ4n) is 2.59. The summed E-state index contributed by atoms with van der Waals surface area (Å²) in [5.74, 6) is -0.287. The van der Waals surface area contributed by atoms with Gasteiger partial charge in [-0.2, -0.15) is 0 Å². The van der Waals surface area contributed by atoms with Crippen LogP contribution in [-0.2, 0) is 16.0 Å². The minimum absolute atomic E-state index is 0.0305. The second-order valence-electron chi connectivity index (χ2n) is 5.08. The van der Waals surface area contributed by atoms with E-state index in [9.17, 15) is 14.0 Å². The molecular weight excluding hydrogens is 259 g/mol. The van der Waals surface area contributed by atoms with E-state index in [-0.39, 0.29) is 36.5 Å². The molecule has 0 saturated carbocycles. The first-order chi connectivity index (χ1) is 9.60. The number of nitrogens with one attached hydrogen (secondary N) is 1. The summed E-state index contributed by atoms with van der Waals surface area (Å²) in [4.78, 5) is 25.7. The number of Topliss-reactive ketones (excluding diaryl/α,β-unsaturated/α-hetero) is 1. The maximum Gasteiger partial charge on any atom is 0.237 e. The maximum atomic E-state index is 12.8. The van der Waals surface area contributed by atoms with Crippen LogP contribution in [-0.4, -0.2) is 42.8 Å². The lowest BCUT2D eigenvalue weighted by atomic mass is 10.1. The lowest BCUT2D eigenvalue weighted by molar-refractivity contribution is -0.126. The van der Waals surface area contributed by atoms with Gasteiger partial charge in [0.2, 0.25) is 5.91 Å². The van der Waals surface area contributed by atoms with Gasteiger partial charge in [-0.05, 0) is 37.1 Å². The summed E-state index contributed by atoms with van der Waals surface area (Å²) >= 11 is 0. The molecule has 1 aromatic rings. The molecule has 1 heterocycles. The molecule has 0 aliphatic carbocycles. The first-order valence-corrected chi connectivity index (χ1v) is 6.82. The summed E-state index contributed by atoms with van der Waals surface area (Å²) in [6, 6.07) is 5.75. The fourth-order valence-corrected chi connectivity index (χ4v) is 2.59. The Morgan fingerprint density at radius 2 is 2.05 bits per heavy atom. The molecule has 1 fully saturated rings. The van der Waals surface area contributed by atoms with Crippen LogP contribution < -0.4 is 5.32 Å². The Bertz CT molecular complexity index is 487. The van der Waals surface area contributed by atoms with Gasteiger partial charge in [0, 0.05) is 13.5 Å². The van der Waals surface area contributed by atoms with Crippen molar-refractivity contribution in [3.63, 3.8) is 0 Å². The van der Waals surface area contributed by atoms with Crippen molar-refractivity contribution in [2.45, 2.75) is 25.3 Å². The lowest BCUT2D eigenvalue weighted by Crippen LogP contribution is -2.44. The van der Waals surface area contributed by atoms with Crippen LogP contribution in [0.4, 0.5) is 4.39 Å². The zero-order valence-electron chi connectivity index (χ0n) is 11.6. The average Bonchev–Trinajstić information content (AvgIpc) is 2.88. The Balaban J connectivity index is 1.90. The Hall–Kier alpha value is -1.75. The van der Waals surface area contributed by atoms with Gasteiger partial charge in [0.15, 0.2) is 5.78 Å². The van der Waals surface area contributed by atoms with E-state index in [0.717, 1.165) is 24.9 Å². The molecule has 1 atom stereocenters. The van der Waals surface area contributed by atoms with Crippen molar-refractivity contribution in [3.05, 3.63) is 35.6 Å². The molecule has 1 amide bonds. The van der Waals surface area contributed by atoms with Crippen LogP contribution in [0.15, 0.2) is 24.3 Å². The van der Waals surface area contributed by atoms with Crippen molar-refractivity contribution >= 4 is 11.7 Å². The SMILES string of the molecule is CNC(=O)C1CCCN1CC(=O)Cc1ccc(F)cc1. The van der Waals surface area contributed by atoms with Gasteiger partial charge in [-0.25, -0.2) is 4.39 Å². The van der Waals surface area contributed by atoms with Gasteiger partial charge in [0.25, 0.3) is 0 Å². The highest BCUT2D eigenvalue weighted by Gasteiger charge is 2.30. The number of nitrogens with zero attached hydrogens (tertiary/aromatic N) is 1. The number of carbonyl (C=O) groups excluding carboxylic acids is 2. The summed E-state index contributed by atoms with van der Waals surface area (Å²) in [5.41, 5.74) is 0.798. The number of ketones is 1. The van der Waals surface area contributed by atoms with Crippen LogP contribution in [0.25, 0.3) is 0 Å². The Kier molecular flexibility index (Phi) is 4.84. The molecule has 108 valence electrons. The summed E-state index contributed by atoms with van der Waals surface area (Å²) in [7, 11) is 1.61. The van der Waals surface area contributed by atoms with Crippen LogP contribution in [0, 0.1) is 5.82 Å². The highest BCUT2D eigenvalue weighted by molar-refractivity contribution is 5.85. The van der Waals surface area contributed by atoms with Gasteiger partial charge < -0.3 is 5.32 Å². The smallest absolute Gasteiger partial charge is 0.237 e. The van der Waals surface area contributed by atoms with Crippen LogP contribution in [0.2, 0.25) is 0 Å². The summed E-state index contributed by atoms with van der Waals surface area (Å²) in [6.07, 6.45) is 2.00. The van der Waals surface area contributed by atoms with Crippen LogP contribution >= 0.6 is 0 Å². The molecule has 1 saturated heterocycles. The zero-order valence-corrected chi connectivity index (χ0v) is 11.6. The number of likely N-dealkylation sites (N-methyl/N-ethyl adjacent to an activating group) is 1. The predicted octanol–water partition coefficient (Wildman–Crippen LogP) is 1.15. The van der Waals surface area contributed by atoms with E-state index in [0.29, 0.717) is 0 Å². The van der Waals surface area contributed by atoms with Crippen molar-refractivity contribution in [3.8, 4) is 0 Å². The van der Waals surface area contributed by atoms with Crippen molar-refractivity contribution in [2.24, 2.45) is 0 Å². The molecule has 0 radical (unpaired) electrons. The summed E-state index contributed by atoms with van der Waals surface area (Å²) in [6.45, 7) is 1.04. The maximum absolute atomic E-state index is 12.8. The third-order valence-corrected chi connectivity index (χ3v) is 3.61. The molecule has 1 aliphatic heterocycles.